The Morgan fingerprint density at radius 3 is 1.85 bits per heavy atom. The lowest BCUT2D eigenvalue weighted by Crippen LogP contribution is -2.02. The summed E-state index contributed by atoms with van der Waals surface area (Å²) in [6.07, 6.45) is 4.84. The molecule has 0 aliphatic rings. The largest absolute Gasteiger partial charge is 0.205 e. The maximum absolute atomic E-state index is 13.2. The monoisotopic (exact) mass is 184 g/mol. The molecule has 0 fully saturated rings. The molecule has 3 heteroatoms. The molecule has 0 aromatic heterocycles. The van der Waals surface area contributed by atoms with E-state index in [9.17, 15) is 13.2 Å². The lowest BCUT2D eigenvalue weighted by molar-refractivity contribution is 0.483. The van der Waals surface area contributed by atoms with E-state index in [1.165, 1.54) is 13.8 Å². The topological polar surface area (TPSA) is 0 Å². The minimum absolute atomic E-state index is 0.0472. The summed E-state index contributed by atoms with van der Waals surface area (Å²) in [5, 5.41) is 0. The van der Waals surface area contributed by atoms with Gasteiger partial charge < -0.3 is 0 Å². The van der Waals surface area contributed by atoms with Crippen LogP contribution in [0.1, 0.15) is 16.7 Å². The molecule has 0 saturated heterocycles. The summed E-state index contributed by atoms with van der Waals surface area (Å²) in [7, 11) is 0. The van der Waals surface area contributed by atoms with Gasteiger partial charge >= 0.3 is 0 Å². The number of hydrogen-bond donors (Lipinski definition) is 0. The maximum Gasteiger partial charge on any atom is 0.177 e. The summed E-state index contributed by atoms with van der Waals surface area (Å²) in [6, 6.07) is 0. The lowest BCUT2D eigenvalue weighted by atomic mass is 10.0. The lowest BCUT2D eigenvalue weighted by Gasteiger charge is -2.06. The van der Waals surface area contributed by atoms with Crippen molar-refractivity contribution in [1.29, 1.82) is 0 Å². The highest BCUT2D eigenvalue weighted by Crippen LogP contribution is 2.22. The number of benzene rings is 1. The fraction of sp³-hybridized carbons (Fsp3) is 0.200. The number of hydrogen-bond acceptors (Lipinski definition) is 0. The Kier molecular flexibility index (Phi) is 2.33. The minimum atomic E-state index is -1.29. The molecule has 0 bridgehead atoms. The van der Waals surface area contributed by atoms with Gasteiger partial charge in [-0.15, -0.1) is 6.42 Å². The third-order valence-electron chi connectivity index (χ3n) is 2.00. The van der Waals surface area contributed by atoms with E-state index in [1.807, 2.05) is 0 Å². The van der Waals surface area contributed by atoms with Crippen molar-refractivity contribution in [2.75, 3.05) is 0 Å². The van der Waals surface area contributed by atoms with Gasteiger partial charge in [0.05, 0.1) is 5.56 Å². The van der Waals surface area contributed by atoms with Gasteiger partial charge in [0.25, 0.3) is 0 Å². The SMILES string of the molecule is C#Cc1c(F)c(C)c(C)c(F)c1F. The number of halogens is 3. The zero-order chi connectivity index (χ0) is 10.2. The average Bonchev–Trinajstić information content (AvgIpc) is 2.13. The van der Waals surface area contributed by atoms with Crippen molar-refractivity contribution in [1.82, 2.24) is 0 Å². The predicted molar refractivity (Wildman–Crippen MR) is 43.7 cm³/mol. The molecule has 13 heavy (non-hydrogen) atoms. The summed E-state index contributed by atoms with van der Waals surface area (Å²) in [4.78, 5) is 0. The molecule has 0 atom stereocenters. The van der Waals surface area contributed by atoms with Crippen LogP contribution in [-0.4, -0.2) is 0 Å². The first-order valence-electron chi connectivity index (χ1n) is 3.61. The standard InChI is InChI=1S/C10H7F3/c1-4-7-8(11)5(2)6(3)9(12)10(7)13/h1H,2-3H3. The molecule has 0 N–H and O–H groups in total. The molecule has 0 spiro atoms. The van der Waals surface area contributed by atoms with E-state index in [-0.39, 0.29) is 11.1 Å². The van der Waals surface area contributed by atoms with Crippen LogP contribution in [0, 0.1) is 43.6 Å². The Balaban J connectivity index is 3.69. The van der Waals surface area contributed by atoms with Crippen molar-refractivity contribution in [2.45, 2.75) is 13.8 Å². The van der Waals surface area contributed by atoms with E-state index in [0.29, 0.717) is 0 Å². The van der Waals surface area contributed by atoms with E-state index in [2.05, 4.69) is 0 Å². The van der Waals surface area contributed by atoms with Crippen LogP contribution in [0.3, 0.4) is 0 Å². The van der Waals surface area contributed by atoms with Gasteiger partial charge in [-0.3, -0.25) is 0 Å². The Labute approximate surface area is 74.4 Å². The van der Waals surface area contributed by atoms with Crippen LogP contribution in [0.25, 0.3) is 0 Å². The van der Waals surface area contributed by atoms with E-state index >= 15 is 0 Å². The van der Waals surface area contributed by atoms with Crippen LogP contribution in [0.4, 0.5) is 13.2 Å². The van der Waals surface area contributed by atoms with Gasteiger partial charge in [0.15, 0.2) is 11.6 Å². The Bertz CT molecular complexity index is 371. The first-order valence-corrected chi connectivity index (χ1v) is 3.61. The zero-order valence-corrected chi connectivity index (χ0v) is 7.21. The zero-order valence-electron chi connectivity index (χ0n) is 7.21. The van der Waals surface area contributed by atoms with Crippen LogP contribution in [-0.2, 0) is 0 Å². The molecule has 0 amide bonds. The molecule has 0 unspecified atom stereocenters. The van der Waals surface area contributed by atoms with Crippen LogP contribution in [0.15, 0.2) is 0 Å². The van der Waals surface area contributed by atoms with Gasteiger partial charge in [0, 0.05) is 0 Å². The highest BCUT2D eigenvalue weighted by atomic mass is 19.2. The van der Waals surface area contributed by atoms with Gasteiger partial charge in [-0.1, -0.05) is 5.92 Å². The summed E-state index contributed by atoms with van der Waals surface area (Å²) in [5.41, 5.74) is -0.638. The number of terminal acetylenes is 1. The molecule has 68 valence electrons. The van der Waals surface area contributed by atoms with Crippen LogP contribution >= 0.6 is 0 Å². The summed E-state index contributed by atoms with van der Waals surface area (Å²) in [6.45, 7) is 2.66. The molecular formula is C10H7F3. The first-order chi connectivity index (χ1) is 6.00. The third-order valence-corrected chi connectivity index (χ3v) is 2.00. The van der Waals surface area contributed by atoms with Crippen molar-refractivity contribution in [3.8, 4) is 12.3 Å². The molecule has 0 nitrogen and oxygen atoms in total. The fourth-order valence-electron chi connectivity index (χ4n) is 1.01. The molecule has 1 aromatic rings. The van der Waals surface area contributed by atoms with Crippen LogP contribution < -0.4 is 0 Å². The van der Waals surface area contributed by atoms with Gasteiger partial charge in [0.1, 0.15) is 5.82 Å². The minimum Gasteiger partial charge on any atom is -0.205 e. The molecule has 0 heterocycles. The van der Waals surface area contributed by atoms with E-state index in [4.69, 9.17) is 6.42 Å². The highest BCUT2D eigenvalue weighted by Gasteiger charge is 2.18. The summed E-state index contributed by atoms with van der Waals surface area (Å²) < 4.78 is 39.1. The smallest absolute Gasteiger partial charge is 0.177 e. The van der Waals surface area contributed by atoms with Crippen LogP contribution in [0.2, 0.25) is 0 Å². The van der Waals surface area contributed by atoms with Crippen molar-refractivity contribution in [2.24, 2.45) is 0 Å². The van der Waals surface area contributed by atoms with Crippen molar-refractivity contribution in [3.63, 3.8) is 0 Å². The van der Waals surface area contributed by atoms with Gasteiger partial charge in [-0.2, -0.15) is 0 Å². The quantitative estimate of drug-likeness (QED) is 0.429. The fourth-order valence-corrected chi connectivity index (χ4v) is 1.01. The normalized spacial score (nSPS) is 9.85. The van der Waals surface area contributed by atoms with E-state index < -0.39 is 23.0 Å². The molecule has 1 aromatic carbocycles. The molecule has 0 saturated carbocycles. The van der Waals surface area contributed by atoms with Gasteiger partial charge in [0.2, 0.25) is 0 Å². The Morgan fingerprint density at radius 2 is 1.38 bits per heavy atom. The van der Waals surface area contributed by atoms with Gasteiger partial charge in [-0.05, 0) is 25.0 Å². The summed E-state index contributed by atoms with van der Waals surface area (Å²) in [5.74, 6) is -1.45. The molecule has 0 radical (unpaired) electrons. The van der Waals surface area contributed by atoms with Crippen LogP contribution in [0.5, 0.6) is 0 Å². The third kappa shape index (κ3) is 1.29. The molecule has 0 aliphatic heterocycles. The van der Waals surface area contributed by atoms with E-state index in [0.717, 1.165) is 0 Å². The highest BCUT2D eigenvalue weighted by molar-refractivity contribution is 5.42. The molecular weight excluding hydrogens is 177 g/mol. The van der Waals surface area contributed by atoms with Crippen molar-refractivity contribution < 1.29 is 13.2 Å². The predicted octanol–water partition coefficient (Wildman–Crippen LogP) is 2.70. The number of rotatable bonds is 0. The first kappa shape index (κ1) is 9.66. The average molecular weight is 184 g/mol. The van der Waals surface area contributed by atoms with Gasteiger partial charge in [-0.25, -0.2) is 13.2 Å². The van der Waals surface area contributed by atoms with Crippen molar-refractivity contribution in [3.05, 3.63) is 34.1 Å². The van der Waals surface area contributed by atoms with Crippen molar-refractivity contribution >= 4 is 0 Å². The Hall–Kier alpha value is -1.43. The summed E-state index contributed by atoms with van der Waals surface area (Å²) >= 11 is 0. The second kappa shape index (κ2) is 3.14. The second-order valence-electron chi connectivity index (χ2n) is 2.71. The maximum atomic E-state index is 13.2. The second-order valence-corrected chi connectivity index (χ2v) is 2.71. The van der Waals surface area contributed by atoms with E-state index in [1.54, 1.807) is 5.92 Å². The molecule has 0 aliphatic carbocycles. The Morgan fingerprint density at radius 1 is 0.923 bits per heavy atom. The molecule has 1 rings (SSSR count).